The zero-order valence-electron chi connectivity index (χ0n) is 30.4. The molecule has 4 N–H and O–H groups in total. The zero-order valence-corrected chi connectivity index (χ0v) is 30.4. The van der Waals surface area contributed by atoms with E-state index in [0.717, 1.165) is 0 Å². The van der Waals surface area contributed by atoms with Crippen LogP contribution < -0.4 is 31.1 Å². The fraction of sp³-hybridized carbons (Fsp3) is 0.250. The van der Waals surface area contributed by atoms with Crippen LogP contribution in [-0.4, -0.2) is 114 Å². The number of piperazine rings is 1. The van der Waals surface area contributed by atoms with Gasteiger partial charge in [-0.15, -0.1) is 20.5 Å². The predicted molar refractivity (Wildman–Crippen MR) is 203 cm³/mol. The van der Waals surface area contributed by atoms with Gasteiger partial charge < -0.3 is 31.1 Å². The van der Waals surface area contributed by atoms with Crippen molar-refractivity contribution in [1.82, 2.24) is 59.4 Å². The molecular formula is C32H32N24. The topological polar surface area (TPSA) is 290 Å². The second kappa shape index (κ2) is 16.2. The molecule has 6 aromatic rings. The maximum Gasteiger partial charge on any atom is 0.252 e. The quantitative estimate of drug-likeness (QED) is 0.130. The SMILES string of the molecule is CNc1nc(NC)c(N=Nc2c(C#N)cnn2-c2ncccn2)c(N2CCN(c3nc(NC)nc(NC)c3N=Nc3c(C#N)cnn3-c3ncccn3)CC2)n1. The van der Waals surface area contributed by atoms with E-state index in [0.29, 0.717) is 72.7 Å². The van der Waals surface area contributed by atoms with Crippen LogP contribution in [0.5, 0.6) is 0 Å². The van der Waals surface area contributed by atoms with Crippen LogP contribution in [0.4, 0.5) is 58.2 Å². The van der Waals surface area contributed by atoms with Crippen LogP contribution in [0.25, 0.3) is 11.9 Å². The average Bonchev–Trinajstić information content (AvgIpc) is 3.88. The molecule has 1 saturated heterocycles. The van der Waals surface area contributed by atoms with Gasteiger partial charge in [0, 0.05) is 79.2 Å². The zero-order chi connectivity index (χ0) is 39.0. The maximum absolute atomic E-state index is 9.82. The monoisotopic (exact) mass is 752 g/mol. The Morgan fingerprint density at radius 1 is 0.554 bits per heavy atom. The summed E-state index contributed by atoms with van der Waals surface area (Å²) >= 11 is 0. The molecule has 7 rings (SSSR count). The second-order valence-electron chi connectivity index (χ2n) is 11.4. The average molecular weight is 753 g/mol. The van der Waals surface area contributed by atoms with Gasteiger partial charge in [-0.1, -0.05) is 0 Å². The Labute approximate surface area is 318 Å². The van der Waals surface area contributed by atoms with E-state index in [-0.39, 0.29) is 34.7 Å². The van der Waals surface area contributed by atoms with Crippen LogP contribution in [0.1, 0.15) is 11.1 Å². The lowest BCUT2D eigenvalue weighted by Crippen LogP contribution is -2.47. The van der Waals surface area contributed by atoms with E-state index in [9.17, 15) is 10.5 Å². The van der Waals surface area contributed by atoms with Crippen molar-refractivity contribution in [2.45, 2.75) is 0 Å². The lowest BCUT2D eigenvalue weighted by atomic mass is 10.2. The third-order valence-corrected chi connectivity index (χ3v) is 8.23. The molecule has 0 aliphatic carbocycles. The summed E-state index contributed by atoms with van der Waals surface area (Å²) in [6, 6.07) is 7.54. The number of rotatable bonds is 12. The fourth-order valence-electron chi connectivity index (χ4n) is 5.54. The summed E-state index contributed by atoms with van der Waals surface area (Å²) in [4.78, 5) is 39.7. The number of anilines is 6. The second-order valence-corrected chi connectivity index (χ2v) is 11.4. The molecule has 0 atom stereocenters. The first-order chi connectivity index (χ1) is 27.5. The van der Waals surface area contributed by atoms with Crippen LogP contribution in [-0.2, 0) is 0 Å². The van der Waals surface area contributed by atoms with Gasteiger partial charge in [0.15, 0.2) is 46.3 Å². The minimum Gasteiger partial charge on any atom is -0.371 e. The Morgan fingerprint density at radius 3 is 1.29 bits per heavy atom. The summed E-state index contributed by atoms with van der Waals surface area (Å²) in [6.07, 6.45) is 8.99. The Morgan fingerprint density at radius 2 is 0.946 bits per heavy atom. The lowest BCUT2D eigenvalue weighted by Gasteiger charge is -2.37. The lowest BCUT2D eigenvalue weighted by molar-refractivity contribution is 0.641. The van der Waals surface area contributed by atoms with Crippen molar-refractivity contribution in [2.75, 3.05) is 85.4 Å². The number of azo groups is 2. The molecule has 6 aromatic heterocycles. The molecule has 1 aliphatic heterocycles. The van der Waals surface area contributed by atoms with Crippen LogP contribution in [0.15, 0.2) is 69.8 Å². The molecule has 24 nitrogen and oxygen atoms in total. The van der Waals surface area contributed by atoms with Crippen molar-refractivity contribution < 1.29 is 0 Å². The standard InChI is InChI=1S/C32H32N24/c1-35-23-21(49-51-25-19(15-33)17-43-55(25)31-39-7-5-8-40-31)27(47-29(37-3)45-23)53-11-13-54(14-12-53)28-22(24(36-2)46-30(38-4)48-28)50-52-26-20(16-34)18-44-56(26)32-41-9-6-10-42-32/h5-10,17-18H,11-14H2,1-4H3,(H2,35,37,45,47)(H2,36,38,46,48). The van der Waals surface area contributed by atoms with E-state index in [1.54, 1.807) is 65.1 Å². The molecule has 56 heavy (non-hydrogen) atoms. The molecule has 280 valence electrons. The minimum atomic E-state index is 0.140. The summed E-state index contributed by atoms with van der Waals surface area (Å²) in [7, 11) is 6.88. The summed E-state index contributed by atoms with van der Waals surface area (Å²) in [5.41, 5.74) is 1.03. The number of nitrogens with one attached hydrogen (secondary N) is 4. The highest BCUT2D eigenvalue weighted by Gasteiger charge is 2.28. The Hall–Kier alpha value is -8.28. The molecule has 0 unspecified atom stereocenters. The van der Waals surface area contributed by atoms with Gasteiger partial charge in [0.2, 0.25) is 11.9 Å². The normalized spacial score (nSPS) is 12.8. The Bertz CT molecular complexity index is 2300. The molecule has 0 aromatic carbocycles. The smallest absolute Gasteiger partial charge is 0.252 e. The molecule has 24 heteroatoms. The van der Waals surface area contributed by atoms with Crippen LogP contribution in [0.3, 0.4) is 0 Å². The maximum atomic E-state index is 9.82. The van der Waals surface area contributed by atoms with E-state index < -0.39 is 0 Å². The predicted octanol–water partition coefficient (Wildman–Crippen LogP) is 3.29. The van der Waals surface area contributed by atoms with Gasteiger partial charge >= 0.3 is 0 Å². The molecule has 0 radical (unpaired) electrons. The van der Waals surface area contributed by atoms with E-state index in [1.807, 2.05) is 0 Å². The molecule has 0 amide bonds. The first kappa shape index (κ1) is 36.1. The van der Waals surface area contributed by atoms with Crippen LogP contribution in [0.2, 0.25) is 0 Å². The molecule has 1 fully saturated rings. The highest BCUT2D eigenvalue weighted by atomic mass is 15.4. The van der Waals surface area contributed by atoms with Gasteiger partial charge in [-0.25, -0.2) is 19.9 Å². The number of hydrogen-bond acceptors (Lipinski definition) is 22. The Balaban J connectivity index is 1.22. The first-order valence-electron chi connectivity index (χ1n) is 16.9. The number of nitriles is 2. The number of nitrogens with zero attached hydrogens (tertiary/aromatic N) is 20. The number of aromatic nitrogens is 12. The fourth-order valence-corrected chi connectivity index (χ4v) is 5.54. The molecule has 0 bridgehead atoms. The summed E-state index contributed by atoms with van der Waals surface area (Å²) in [5.74, 6) is 3.24. The van der Waals surface area contributed by atoms with Crippen molar-refractivity contribution in [3.63, 3.8) is 0 Å². The molecule has 1 aliphatic rings. The van der Waals surface area contributed by atoms with Gasteiger partial charge in [-0.3, -0.25) is 0 Å². The molecule has 0 saturated carbocycles. The third-order valence-electron chi connectivity index (χ3n) is 8.23. The van der Waals surface area contributed by atoms with E-state index in [4.69, 9.17) is 9.97 Å². The van der Waals surface area contributed by atoms with Crippen molar-refractivity contribution in [1.29, 1.82) is 10.5 Å². The van der Waals surface area contributed by atoms with Crippen molar-refractivity contribution in [3.8, 4) is 24.0 Å². The van der Waals surface area contributed by atoms with Gasteiger partial charge in [-0.2, -0.15) is 50.0 Å². The van der Waals surface area contributed by atoms with E-state index in [1.165, 1.54) is 21.8 Å². The minimum absolute atomic E-state index is 0.140. The Kier molecular flexibility index (Phi) is 10.4. The number of hydrogen-bond donors (Lipinski definition) is 4. The molecular weight excluding hydrogens is 721 g/mol. The van der Waals surface area contributed by atoms with E-state index in [2.05, 4.69) is 104 Å². The molecule has 7 heterocycles. The highest BCUT2D eigenvalue weighted by Crippen LogP contribution is 2.40. The first-order valence-corrected chi connectivity index (χ1v) is 16.9. The molecule has 0 spiro atoms. The van der Waals surface area contributed by atoms with Crippen molar-refractivity contribution >= 4 is 58.2 Å². The van der Waals surface area contributed by atoms with E-state index >= 15 is 0 Å². The van der Waals surface area contributed by atoms with Gasteiger partial charge in [0.25, 0.3) is 11.9 Å². The summed E-state index contributed by atoms with van der Waals surface area (Å²) in [5, 5.41) is 58.4. The highest BCUT2D eigenvalue weighted by molar-refractivity contribution is 5.78. The van der Waals surface area contributed by atoms with Crippen LogP contribution >= 0.6 is 0 Å². The van der Waals surface area contributed by atoms with Crippen molar-refractivity contribution in [2.24, 2.45) is 20.5 Å². The largest absolute Gasteiger partial charge is 0.371 e. The summed E-state index contributed by atoms with van der Waals surface area (Å²) < 4.78 is 2.67. The van der Waals surface area contributed by atoms with Gasteiger partial charge in [0.05, 0.1) is 12.4 Å². The third kappa shape index (κ3) is 7.07. The van der Waals surface area contributed by atoms with Crippen LogP contribution in [0, 0.1) is 22.7 Å². The summed E-state index contributed by atoms with van der Waals surface area (Å²) in [6.45, 7) is 1.86. The van der Waals surface area contributed by atoms with Gasteiger partial charge in [0.1, 0.15) is 23.3 Å². The van der Waals surface area contributed by atoms with Crippen molar-refractivity contribution in [3.05, 3.63) is 60.4 Å². The van der Waals surface area contributed by atoms with Gasteiger partial charge in [-0.05, 0) is 12.1 Å².